The third-order valence-corrected chi connectivity index (χ3v) is 4.21. The van der Waals surface area contributed by atoms with E-state index in [0.29, 0.717) is 6.54 Å². The first kappa shape index (κ1) is 13.2. The molecule has 0 spiro atoms. The van der Waals surface area contributed by atoms with Crippen LogP contribution in [0.3, 0.4) is 0 Å². The quantitative estimate of drug-likeness (QED) is 0.852. The number of aromatic nitrogens is 2. The van der Waals surface area contributed by atoms with Crippen LogP contribution in [0.4, 0.5) is 0 Å². The first-order valence-corrected chi connectivity index (χ1v) is 7.44. The zero-order chi connectivity index (χ0) is 13.9. The van der Waals surface area contributed by atoms with Crippen molar-refractivity contribution in [3.8, 4) is 10.7 Å². The average molecular weight is 289 g/mol. The summed E-state index contributed by atoms with van der Waals surface area (Å²) in [6.07, 6.45) is 3.74. The monoisotopic (exact) mass is 289 g/mol. The number of thiazole rings is 1. The number of carboxylic acids is 1. The minimum Gasteiger partial charge on any atom is -0.480 e. The van der Waals surface area contributed by atoms with Gasteiger partial charge in [0, 0.05) is 18.1 Å². The summed E-state index contributed by atoms with van der Waals surface area (Å²) >= 11 is 1.53. The van der Waals surface area contributed by atoms with E-state index in [1.807, 2.05) is 23.6 Å². The summed E-state index contributed by atoms with van der Waals surface area (Å²) in [7, 11) is 0. The normalized spacial score (nSPS) is 16.0. The maximum absolute atomic E-state index is 11.1. The lowest BCUT2D eigenvalue weighted by molar-refractivity contribution is -0.140. The number of nitrogens with zero attached hydrogens (tertiary/aromatic N) is 2. The van der Waals surface area contributed by atoms with E-state index >= 15 is 0 Å². The van der Waals surface area contributed by atoms with Crippen molar-refractivity contribution in [2.75, 3.05) is 0 Å². The predicted molar refractivity (Wildman–Crippen MR) is 76.3 cm³/mol. The SMILES string of the molecule is O=C(O)C(NCc1csc(-c2ccccn2)n1)C1CC1. The molecule has 2 aromatic rings. The fourth-order valence-electron chi connectivity index (χ4n) is 2.09. The second kappa shape index (κ2) is 5.68. The van der Waals surface area contributed by atoms with E-state index in [4.69, 9.17) is 5.11 Å². The van der Waals surface area contributed by atoms with Crippen LogP contribution in [-0.2, 0) is 11.3 Å². The van der Waals surface area contributed by atoms with Crippen LogP contribution in [0.25, 0.3) is 10.7 Å². The van der Waals surface area contributed by atoms with Gasteiger partial charge in [0.1, 0.15) is 11.0 Å². The third kappa shape index (κ3) is 3.02. The lowest BCUT2D eigenvalue weighted by atomic mass is 10.2. The summed E-state index contributed by atoms with van der Waals surface area (Å²) < 4.78 is 0. The largest absolute Gasteiger partial charge is 0.480 e. The molecule has 0 bridgehead atoms. The average Bonchev–Trinajstić information content (AvgIpc) is 3.17. The Morgan fingerprint density at radius 2 is 2.35 bits per heavy atom. The van der Waals surface area contributed by atoms with Crippen LogP contribution in [-0.4, -0.2) is 27.1 Å². The maximum Gasteiger partial charge on any atom is 0.320 e. The zero-order valence-corrected chi connectivity index (χ0v) is 11.6. The Bertz CT molecular complexity index is 595. The number of hydrogen-bond donors (Lipinski definition) is 2. The van der Waals surface area contributed by atoms with Gasteiger partial charge in [0.2, 0.25) is 0 Å². The Morgan fingerprint density at radius 3 is 3.00 bits per heavy atom. The highest BCUT2D eigenvalue weighted by molar-refractivity contribution is 7.13. The van der Waals surface area contributed by atoms with E-state index in [-0.39, 0.29) is 5.92 Å². The van der Waals surface area contributed by atoms with Gasteiger partial charge in [-0.2, -0.15) is 0 Å². The fraction of sp³-hybridized carbons (Fsp3) is 0.357. The zero-order valence-electron chi connectivity index (χ0n) is 10.8. The summed E-state index contributed by atoms with van der Waals surface area (Å²) in [4.78, 5) is 19.9. The highest BCUT2D eigenvalue weighted by Gasteiger charge is 2.35. The van der Waals surface area contributed by atoms with Crippen molar-refractivity contribution in [2.45, 2.75) is 25.4 Å². The van der Waals surface area contributed by atoms with Gasteiger partial charge in [-0.1, -0.05) is 6.07 Å². The molecule has 1 atom stereocenters. The second-order valence-electron chi connectivity index (χ2n) is 4.89. The molecule has 1 unspecified atom stereocenters. The number of carbonyl (C=O) groups is 1. The van der Waals surface area contributed by atoms with Crippen molar-refractivity contribution in [1.82, 2.24) is 15.3 Å². The van der Waals surface area contributed by atoms with Crippen LogP contribution < -0.4 is 5.32 Å². The summed E-state index contributed by atoms with van der Waals surface area (Å²) in [5.74, 6) is -0.492. The summed E-state index contributed by atoms with van der Waals surface area (Å²) in [6, 6.07) is 5.26. The van der Waals surface area contributed by atoms with E-state index in [1.165, 1.54) is 11.3 Å². The van der Waals surface area contributed by atoms with Crippen molar-refractivity contribution in [3.05, 3.63) is 35.5 Å². The van der Waals surface area contributed by atoms with E-state index < -0.39 is 12.0 Å². The molecule has 104 valence electrons. The Labute approximate surface area is 120 Å². The van der Waals surface area contributed by atoms with Gasteiger partial charge in [-0.05, 0) is 30.9 Å². The van der Waals surface area contributed by atoms with Gasteiger partial charge in [-0.15, -0.1) is 11.3 Å². The van der Waals surface area contributed by atoms with Crippen molar-refractivity contribution in [3.63, 3.8) is 0 Å². The van der Waals surface area contributed by atoms with Gasteiger partial charge in [-0.25, -0.2) is 4.98 Å². The molecule has 6 heteroatoms. The summed E-state index contributed by atoms with van der Waals surface area (Å²) in [5, 5.41) is 15.1. The van der Waals surface area contributed by atoms with Gasteiger partial charge >= 0.3 is 5.97 Å². The van der Waals surface area contributed by atoms with Gasteiger partial charge < -0.3 is 5.11 Å². The Kier molecular flexibility index (Phi) is 3.75. The van der Waals surface area contributed by atoms with Gasteiger partial charge in [-0.3, -0.25) is 15.1 Å². The molecule has 1 saturated carbocycles. The molecule has 0 radical (unpaired) electrons. The van der Waals surface area contributed by atoms with E-state index in [2.05, 4.69) is 15.3 Å². The number of rotatable bonds is 6. The molecular formula is C14H15N3O2S. The molecule has 20 heavy (non-hydrogen) atoms. The Morgan fingerprint density at radius 1 is 1.50 bits per heavy atom. The third-order valence-electron chi connectivity index (χ3n) is 3.30. The van der Waals surface area contributed by atoms with Crippen molar-refractivity contribution in [2.24, 2.45) is 5.92 Å². The molecule has 1 aliphatic carbocycles. The number of carboxylic acid groups (broad SMARTS) is 1. The number of hydrogen-bond acceptors (Lipinski definition) is 5. The molecule has 0 saturated heterocycles. The standard InChI is InChI=1S/C14H15N3O2S/c18-14(19)12(9-4-5-9)16-7-10-8-20-13(17-10)11-3-1-2-6-15-11/h1-3,6,8-9,12,16H,4-5,7H2,(H,18,19). The van der Waals surface area contributed by atoms with Crippen molar-refractivity contribution >= 4 is 17.3 Å². The van der Waals surface area contributed by atoms with Crippen LogP contribution in [0.1, 0.15) is 18.5 Å². The van der Waals surface area contributed by atoms with Crippen LogP contribution in [0.2, 0.25) is 0 Å². The lowest BCUT2D eigenvalue weighted by Gasteiger charge is -2.11. The van der Waals surface area contributed by atoms with Crippen LogP contribution in [0, 0.1) is 5.92 Å². The van der Waals surface area contributed by atoms with Gasteiger partial charge in [0.15, 0.2) is 0 Å². The van der Waals surface area contributed by atoms with Gasteiger partial charge in [0.25, 0.3) is 0 Å². The molecule has 0 aliphatic heterocycles. The molecule has 2 N–H and O–H groups in total. The molecule has 1 aliphatic rings. The first-order valence-electron chi connectivity index (χ1n) is 6.56. The molecule has 2 aromatic heterocycles. The van der Waals surface area contributed by atoms with Crippen molar-refractivity contribution < 1.29 is 9.90 Å². The minimum absolute atomic E-state index is 0.279. The molecular weight excluding hydrogens is 274 g/mol. The first-order chi connectivity index (χ1) is 9.74. The number of aliphatic carboxylic acids is 1. The Balaban J connectivity index is 1.64. The summed E-state index contributed by atoms with van der Waals surface area (Å²) in [6.45, 7) is 0.483. The smallest absolute Gasteiger partial charge is 0.320 e. The van der Waals surface area contributed by atoms with E-state index in [9.17, 15) is 4.79 Å². The van der Waals surface area contributed by atoms with Crippen LogP contribution >= 0.6 is 11.3 Å². The molecule has 1 fully saturated rings. The van der Waals surface area contributed by atoms with E-state index in [0.717, 1.165) is 29.2 Å². The van der Waals surface area contributed by atoms with Crippen LogP contribution in [0.5, 0.6) is 0 Å². The minimum atomic E-state index is -0.771. The lowest BCUT2D eigenvalue weighted by Crippen LogP contribution is -2.38. The van der Waals surface area contributed by atoms with Crippen molar-refractivity contribution in [1.29, 1.82) is 0 Å². The topological polar surface area (TPSA) is 75.1 Å². The molecule has 0 amide bonds. The van der Waals surface area contributed by atoms with Gasteiger partial charge in [0.05, 0.1) is 11.4 Å². The molecule has 0 aromatic carbocycles. The highest BCUT2D eigenvalue weighted by Crippen LogP contribution is 2.33. The predicted octanol–water partition coefficient (Wildman–Crippen LogP) is 2.16. The highest BCUT2D eigenvalue weighted by atomic mass is 32.1. The maximum atomic E-state index is 11.1. The molecule has 2 heterocycles. The second-order valence-corrected chi connectivity index (χ2v) is 5.75. The Hall–Kier alpha value is -1.79. The number of pyridine rings is 1. The molecule has 3 rings (SSSR count). The summed E-state index contributed by atoms with van der Waals surface area (Å²) in [5.41, 5.74) is 1.71. The van der Waals surface area contributed by atoms with Crippen LogP contribution in [0.15, 0.2) is 29.8 Å². The fourth-order valence-corrected chi connectivity index (χ4v) is 2.89. The molecule has 5 nitrogen and oxygen atoms in total. The number of nitrogens with one attached hydrogen (secondary N) is 1. The van der Waals surface area contributed by atoms with E-state index in [1.54, 1.807) is 6.20 Å².